The Morgan fingerprint density at radius 1 is 1.36 bits per heavy atom. The zero-order valence-corrected chi connectivity index (χ0v) is 13.7. The average molecular weight is 302 g/mol. The molecule has 0 N–H and O–H groups in total. The number of fused-ring (bicyclic) bond motifs is 3. The minimum Gasteiger partial charge on any atom is -0.324 e. The molecule has 2 aliphatic heterocycles. The van der Waals surface area contributed by atoms with Crippen molar-refractivity contribution >= 4 is 11.6 Å². The Morgan fingerprint density at radius 2 is 2.09 bits per heavy atom. The lowest BCUT2D eigenvalue weighted by atomic mass is 9.88. The molecule has 0 spiro atoms. The number of carbonyl (C=O) groups is 2. The Balaban J connectivity index is 1.87. The zero-order chi connectivity index (χ0) is 16.1. The smallest absolute Gasteiger partial charge is 0.203 e. The van der Waals surface area contributed by atoms with Gasteiger partial charge in [0.2, 0.25) is 5.78 Å². The molecule has 0 radical (unpaired) electrons. The summed E-state index contributed by atoms with van der Waals surface area (Å²) in [6.45, 7) is 1.26. The minimum absolute atomic E-state index is 0.0293. The van der Waals surface area contributed by atoms with Gasteiger partial charge in [0.1, 0.15) is 0 Å². The van der Waals surface area contributed by atoms with Crippen molar-refractivity contribution in [2.45, 2.75) is 18.5 Å². The first-order valence-corrected chi connectivity index (χ1v) is 7.69. The Morgan fingerprint density at radius 3 is 2.77 bits per heavy atom. The van der Waals surface area contributed by atoms with E-state index in [1.807, 2.05) is 25.1 Å². The molecule has 1 saturated heterocycles. The highest BCUT2D eigenvalue weighted by atomic mass is 16.1. The van der Waals surface area contributed by atoms with Crippen LogP contribution in [0.5, 0.6) is 0 Å². The second-order valence-electron chi connectivity index (χ2n) is 7.33. The molecule has 3 aliphatic rings. The number of hydrogen-bond donors (Lipinski definition) is 0. The van der Waals surface area contributed by atoms with Crippen molar-refractivity contribution in [2.24, 2.45) is 0 Å². The van der Waals surface area contributed by atoms with Gasteiger partial charge in [0.25, 0.3) is 0 Å². The van der Waals surface area contributed by atoms with Gasteiger partial charge in [-0.15, -0.1) is 0 Å². The van der Waals surface area contributed by atoms with Gasteiger partial charge >= 0.3 is 0 Å². The summed E-state index contributed by atoms with van der Waals surface area (Å²) in [4.78, 5) is 28.5. The third-order valence-electron chi connectivity index (χ3n) is 4.78. The highest BCUT2D eigenvalue weighted by Crippen LogP contribution is 2.38. The third kappa shape index (κ3) is 2.55. The molecule has 2 heterocycles. The van der Waals surface area contributed by atoms with E-state index in [-0.39, 0.29) is 23.7 Å². The van der Waals surface area contributed by atoms with Crippen molar-refractivity contribution in [3.05, 3.63) is 35.6 Å². The number of allylic oxidation sites excluding steroid dienone is 3. The van der Waals surface area contributed by atoms with Crippen molar-refractivity contribution in [3.8, 4) is 0 Å². The fraction of sp³-hybridized carbons (Fsp3) is 0.529. The number of ketones is 2. The largest absolute Gasteiger partial charge is 0.324 e. The van der Waals surface area contributed by atoms with Gasteiger partial charge in [-0.05, 0) is 43.5 Å². The number of likely N-dealkylation sites (N-methyl/N-ethyl adjacent to an activating group) is 2. The molecule has 118 valence electrons. The molecular formula is C17H24N3O2+. The summed E-state index contributed by atoms with van der Waals surface area (Å²) in [5.41, 5.74) is 2.19. The fourth-order valence-electron chi connectivity index (χ4n) is 3.76. The first kappa shape index (κ1) is 15.2. The molecule has 22 heavy (non-hydrogen) atoms. The summed E-state index contributed by atoms with van der Waals surface area (Å²) in [5, 5.41) is 0. The van der Waals surface area contributed by atoms with E-state index in [0.29, 0.717) is 11.0 Å². The maximum atomic E-state index is 12.6. The number of quaternary nitrogens is 1. The molecule has 1 fully saturated rings. The standard InChI is InChI=1S/C17H24N3O2/c1-18(2)10-17(22)16-8-15-14-7-13(21)6-5-12(14)9-19(15)11-20(16,3)4/h5-7,9,15-16H,8,10-11H2,1-4H3/q+1. The summed E-state index contributed by atoms with van der Waals surface area (Å²) in [6.07, 6.45) is 8.14. The molecule has 0 bridgehead atoms. The molecule has 0 amide bonds. The van der Waals surface area contributed by atoms with Crippen molar-refractivity contribution < 1.29 is 14.1 Å². The summed E-state index contributed by atoms with van der Waals surface area (Å²) < 4.78 is 0.665. The van der Waals surface area contributed by atoms with E-state index >= 15 is 0 Å². The molecule has 5 nitrogen and oxygen atoms in total. The second kappa shape index (κ2) is 5.18. The van der Waals surface area contributed by atoms with Crippen LogP contribution in [0.3, 0.4) is 0 Å². The van der Waals surface area contributed by atoms with Crippen LogP contribution in [0.25, 0.3) is 0 Å². The Hall–Kier alpha value is -1.72. The number of rotatable bonds is 3. The van der Waals surface area contributed by atoms with Gasteiger partial charge in [-0.25, -0.2) is 0 Å². The molecular weight excluding hydrogens is 278 g/mol. The fourth-order valence-corrected chi connectivity index (χ4v) is 3.76. The molecule has 0 aromatic rings. The first-order valence-electron chi connectivity index (χ1n) is 7.69. The quantitative estimate of drug-likeness (QED) is 0.714. The topological polar surface area (TPSA) is 40.6 Å². The summed E-state index contributed by atoms with van der Waals surface area (Å²) >= 11 is 0. The van der Waals surface area contributed by atoms with Crippen LogP contribution < -0.4 is 0 Å². The van der Waals surface area contributed by atoms with Gasteiger partial charge in [0.15, 0.2) is 18.5 Å². The van der Waals surface area contributed by atoms with Crippen molar-refractivity contribution in [3.63, 3.8) is 0 Å². The molecule has 2 unspecified atom stereocenters. The second-order valence-corrected chi connectivity index (χ2v) is 7.33. The number of carbonyl (C=O) groups excluding carboxylic acids is 2. The summed E-state index contributed by atoms with van der Waals surface area (Å²) in [7, 11) is 8.08. The van der Waals surface area contributed by atoms with Crippen LogP contribution >= 0.6 is 0 Å². The average Bonchev–Trinajstić information content (AvgIpc) is 2.71. The van der Waals surface area contributed by atoms with Crippen molar-refractivity contribution in [2.75, 3.05) is 41.4 Å². The van der Waals surface area contributed by atoms with Crippen molar-refractivity contribution in [1.29, 1.82) is 0 Å². The van der Waals surface area contributed by atoms with E-state index in [1.165, 1.54) is 0 Å². The van der Waals surface area contributed by atoms with Gasteiger partial charge in [0.05, 0.1) is 26.7 Å². The lowest BCUT2D eigenvalue weighted by molar-refractivity contribution is -0.921. The Kier molecular flexibility index (Phi) is 3.57. The van der Waals surface area contributed by atoms with Crippen LogP contribution in [-0.4, -0.2) is 79.3 Å². The first-order chi connectivity index (χ1) is 10.3. The maximum absolute atomic E-state index is 12.6. The van der Waals surface area contributed by atoms with Crippen LogP contribution in [0, 0.1) is 0 Å². The van der Waals surface area contributed by atoms with E-state index in [2.05, 4.69) is 25.2 Å². The lowest BCUT2D eigenvalue weighted by Gasteiger charge is -2.47. The van der Waals surface area contributed by atoms with Crippen LogP contribution in [-0.2, 0) is 9.59 Å². The van der Waals surface area contributed by atoms with Crippen LogP contribution in [0.2, 0.25) is 0 Å². The summed E-state index contributed by atoms with van der Waals surface area (Å²) in [5.74, 6) is 0.325. The maximum Gasteiger partial charge on any atom is 0.203 e. The molecule has 0 aromatic heterocycles. The van der Waals surface area contributed by atoms with Gasteiger partial charge in [-0.2, -0.15) is 0 Å². The van der Waals surface area contributed by atoms with Crippen LogP contribution in [0.15, 0.2) is 35.6 Å². The molecule has 0 aromatic carbocycles. The molecule has 5 heteroatoms. The Labute approximate surface area is 131 Å². The van der Waals surface area contributed by atoms with Gasteiger partial charge in [-0.3, -0.25) is 9.59 Å². The number of nitrogens with zero attached hydrogens (tertiary/aromatic N) is 3. The predicted octanol–water partition coefficient (Wildman–Crippen LogP) is 0.557. The predicted molar refractivity (Wildman–Crippen MR) is 84.9 cm³/mol. The van der Waals surface area contributed by atoms with Gasteiger partial charge < -0.3 is 14.3 Å². The van der Waals surface area contributed by atoms with E-state index in [4.69, 9.17) is 0 Å². The monoisotopic (exact) mass is 302 g/mol. The lowest BCUT2D eigenvalue weighted by Crippen LogP contribution is -2.64. The molecule has 3 rings (SSSR count). The van der Waals surface area contributed by atoms with Gasteiger partial charge in [-0.1, -0.05) is 0 Å². The SMILES string of the molecule is CN(C)CC(=O)C1CC2C3=CC(=O)C=CC3=CN2C[N+]1(C)C. The van der Waals surface area contributed by atoms with E-state index < -0.39 is 0 Å². The molecule has 2 atom stereocenters. The van der Waals surface area contributed by atoms with Crippen molar-refractivity contribution in [1.82, 2.24) is 9.80 Å². The van der Waals surface area contributed by atoms with Crippen LogP contribution in [0.1, 0.15) is 6.42 Å². The molecule has 1 aliphatic carbocycles. The van der Waals surface area contributed by atoms with Gasteiger partial charge in [0, 0.05) is 12.6 Å². The third-order valence-corrected chi connectivity index (χ3v) is 4.78. The van der Waals surface area contributed by atoms with E-state index in [0.717, 1.165) is 24.2 Å². The van der Waals surface area contributed by atoms with E-state index in [9.17, 15) is 9.59 Å². The van der Waals surface area contributed by atoms with E-state index in [1.54, 1.807) is 12.2 Å². The normalized spacial score (nSPS) is 29.1. The molecule has 0 saturated carbocycles. The highest BCUT2D eigenvalue weighted by Gasteiger charge is 2.47. The number of Topliss-reactive ketones (excluding diaryl/α,β-unsaturated/α-hetero) is 1. The van der Waals surface area contributed by atoms with Crippen LogP contribution in [0.4, 0.5) is 0 Å². The Bertz CT molecular complexity index is 613. The number of hydrogen-bond acceptors (Lipinski definition) is 4. The minimum atomic E-state index is -0.0293. The summed E-state index contributed by atoms with van der Waals surface area (Å²) in [6, 6.07) is 0.129. The zero-order valence-electron chi connectivity index (χ0n) is 13.7. The highest BCUT2D eigenvalue weighted by molar-refractivity contribution is 6.02.